The highest BCUT2D eigenvalue weighted by Gasteiger charge is 2.55. The van der Waals surface area contributed by atoms with Crippen molar-refractivity contribution in [3.63, 3.8) is 0 Å². The standard InChI is InChI=1S/C16H38N2O3Si/c1-5-6-7-8-9-10-11-12-13-14-15-16(17,18)22(19-2,20-3)21-4/h5-15,17-18H2,1-4H3. The van der Waals surface area contributed by atoms with Gasteiger partial charge in [0, 0.05) is 21.3 Å². The van der Waals surface area contributed by atoms with Gasteiger partial charge in [0.2, 0.25) is 0 Å². The number of hydrogen-bond donors (Lipinski definition) is 2. The Hall–Kier alpha value is 0.0169. The van der Waals surface area contributed by atoms with E-state index in [1.54, 1.807) is 21.3 Å². The first-order valence-corrected chi connectivity index (χ1v) is 10.4. The van der Waals surface area contributed by atoms with Crippen molar-refractivity contribution in [1.82, 2.24) is 0 Å². The molecule has 0 aromatic heterocycles. The monoisotopic (exact) mass is 334 g/mol. The average Bonchev–Trinajstić information content (AvgIpc) is 2.51. The van der Waals surface area contributed by atoms with Crippen LogP contribution in [-0.4, -0.2) is 35.4 Å². The predicted molar refractivity (Wildman–Crippen MR) is 94.3 cm³/mol. The van der Waals surface area contributed by atoms with Gasteiger partial charge in [-0.3, -0.25) is 0 Å². The van der Waals surface area contributed by atoms with Crippen molar-refractivity contribution in [2.24, 2.45) is 11.5 Å². The highest BCUT2D eigenvalue weighted by Crippen LogP contribution is 2.22. The molecule has 0 bridgehead atoms. The molecule has 0 spiro atoms. The topological polar surface area (TPSA) is 79.7 Å². The minimum absolute atomic E-state index is 0.658. The summed E-state index contributed by atoms with van der Waals surface area (Å²) in [5.41, 5.74) is 12.4. The first-order chi connectivity index (χ1) is 10.5. The van der Waals surface area contributed by atoms with Gasteiger partial charge in [0.1, 0.15) is 5.29 Å². The summed E-state index contributed by atoms with van der Waals surface area (Å²) in [5, 5.41) is -1.02. The lowest BCUT2D eigenvalue weighted by Crippen LogP contribution is -2.74. The summed E-state index contributed by atoms with van der Waals surface area (Å²) in [5.74, 6) is 0. The van der Waals surface area contributed by atoms with E-state index in [1.165, 1.54) is 51.4 Å². The minimum atomic E-state index is -2.98. The summed E-state index contributed by atoms with van der Waals surface area (Å²) in [6, 6.07) is 0. The highest BCUT2D eigenvalue weighted by atomic mass is 28.4. The van der Waals surface area contributed by atoms with Crippen molar-refractivity contribution in [2.75, 3.05) is 21.3 Å². The molecule has 0 aromatic carbocycles. The summed E-state index contributed by atoms with van der Waals surface area (Å²) in [6.07, 6.45) is 13.5. The quantitative estimate of drug-likeness (QED) is 0.273. The molecule has 0 amide bonds. The van der Waals surface area contributed by atoms with Gasteiger partial charge in [-0.1, -0.05) is 71.1 Å². The first-order valence-electron chi connectivity index (χ1n) is 8.73. The van der Waals surface area contributed by atoms with Gasteiger partial charge < -0.3 is 24.7 Å². The van der Waals surface area contributed by atoms with Crippen LogP contribution in [0.15, 0.2) is 0 Å². The Morgan fingerprint density at radius 3 is 1.41 bits per heavy atom. The molecule has 4 N–H and O–H groups in total. The summed E-state index contributed by atoms with van der Waals surface area (Å²) in [4.78, 5) is 0. The molecule has 134 valence electrons. The Kier molecular flexibility index (Phi) is 12.5. The minimum Gasteiger partial charge on any atom is -0.375 e. The second-order valence-electron chi connectivity index (χ2n) is 6.14. The van der Waals surface area contributed by atoms with E-state index in [-0.39, 0.29) is 0 Å². The first kappa shape index (κ1) is 22.0. The molecule has 0 aliphatic rings. The van der Waals surface area contributed by atoms with Crippen molar-refractivity contribution < 1.29 is 13.3 Å². The third kappa shape index (κ3) is 7.52. The van der Waals surface area contributed by atoms with E-state index in [9.17, 15) is 0 Å². The summed E-state index contributed by atoms with van der Waals surface area (Å²) in [7, 11) is 1.66. The van der Waals surface area contributed by atoms with Gasteiger partial charge in [-0.2, -0.15) is 0 Å². The molecule has 0 fully saturated rings. The molecule has 5 nitrogen and oxygen atoms in total. The van der Waals surface area contributed by atoms with Gasteiger partial charge in [0.25, 0.3) is 0 Å². The van der Waals surface area contributed by atoms with Crippen LogP contribution in [0, 0.1) is 0 Å². The molecular formula is C16H38N2O3Si. The van der Waals surface area contributed by atoms with Crippen LogP contribution < -0.4 is 11.5 Å². The van der Waals surface area contributed by atoms with Gasteiger partial charge in [-0.05, 0) is 6.42 Å². The van der Waals surface area contributed by atoms with Crippen LogP contribution in [-0.2, 0) is 13.3 Å². The van der Waals surface area contributed by atoms with Gasteiger partial charge in [0.15, 0.2) is 0 Å². The maximum Gasteiger partial charge on any atom is 0.536 e. The third-order valence-electron chi connectivity index (χ3n) is 4.32. The third-order valence-corrected chi connectivity index (χ3v) is 7.32. The fourth-order valence-corrected chi connectivity index (χ4v) is 5.00. The van der Waals surface area contributed by atoms with E-state index in [0.29, 0.717) is 6.42 Å². The molecule has 0 aromatic rings. The SMILES string of the molecule is CCCCCCCCCCCCC(N)(N)[Si](OC)(OC)OC. The van der Waals surface area contributed by atoms with E-state index in [2.05, 4.69) is 6.92 Å². The Bertz CT molecular complexity index is 254. The van der Waals surface area contributed by atoms with Crippen molar-refractivity contribution >= 4 is 8.80 Å². The molecule has 0 heterocycles. The highest BCUT2D eigenvalue weighted by molar-refractivity contribution is 6.64. The van der Waals surface area contributed by atoms with Crippen LogP contribution in [0.1, 0.15) is 77.6 Å². The van der Waals surface area contributed by atoms with Crippen LogP contribution in [0.4, 0.5) is 0 Å². The van der Waals surface area contributed by atoms with E-state index < -0.39 is 14.1 Å². The number of nitrogens with two attached hydrogens (primary N) is 2. The van der Waals surface area contributed by atoms with Crippen molar-refractivity contribution in [1.29, 1.82) is 0 Å². The van der Waals surface area contributed by atoms with Crippen LogP contribution in [0.3, 0.4) is 0 Å². The number of hydrogen-bond acceptors (Lipinski definition) is 5. The lowest BCUT2D eigenvalue weighted by molar-refractivity contribution is 0.0892. The lowest BCUT2D eigenvalue weighted by Gasteiger charge is -2.37. The normalized spacial score (nSPS) is 12.8. The molecule has 6 heteroatoms. The Morgan fingerprint density at radius 2 is 1.05 bits per heavy atom. The average molecular weight is 335 g/mol. The largest absolute Gasteiger partial charge is 0.536 e. The molecular weight excluding hydrogens is 296 g/mol. The summed E-state index contributed by atoms with van der Waals surface area (Å²) in [6.45, 7) is 2.25. The molecule has 0 unspecified atom stereocenters. The van der Waals surface area contributed by atoms with Crippen LogP contribution in [0.25, 0.3) is 0 Å². The second-order valence-corrected chi connectivity index (χ2v) is 9.41. The number of unbranched alkanes of at least 4 members (excludes halogenated alkanes) is 9. The van der Waals surface area contributed by atoms with E-state index in [0.717, 1.165) is 12.8 Å². The predicted octanol–water partition coefficient (Wildman–Crippen LogP) is 3.33. The van der Waals surface area contributed by atoms with E-state index in [1.807, 2.05) is 0 Å². The smallest absolute Gasteiger partial charge is 0.375 e. The molecule has 0 rings (SSSR count). The van der Waals surface area contributed by atoms with Gasteiger partial charge in [-0.15, -0.1) is 0 Å². The molecule has 0 aliphatic heterocycles. The lowest BCUT2D eigenvalue weighted by atomic mass is 10.1. The van der Waals surface area contributed by atoms with Crippen molar-refractivity contribution in [3.05, 3.63) is 0 Å². The molecule has 0 saturated carbocycles. The second kappa shape index (κ2) is 12.4. The molecule has 0 saturated heterocycles. The van der Waals surface area contributed by atoms with Crippen LogP contribution in [0.5, 0.6) is 0 Å². The van der Waals surface area contributed by atoms with Crippen LogP contribution >= 0.6 is 0 Å². The fourth-order valence-electron chi connectivity index (χ4n) is 2.88. The Morgan fingerprint density at radius 1 is 0.682 bits per heavy atom. The van der Waals surface area contributed by atoms with Gasteiger partial charge in [0.05, 0.1) is 0 Å². The van der Waals surface area contributed by atoms with Crippen molar-refractivity contribution in [3.8, 4) is 0 Å². The molecule has 22 heavy (non-hydrogen) atoms. The molecule has 0 atom stereocenters. The fraction of sp³-hybridized carbons (Fsp3) is 1.00. The van der Waals surface area contributed by atoms with Gasteiger partial charge in [-0.25, -0.2) is 0 Å². The maximum absolute atomic E-state index is 6.20. The van der Waals surface area contributed by atoms with Crippen LogP contribution in [0.2, 0.25) is 0 Å². The maximum atomic E-state index is 6.20. The van der Waals surface area contributed by atoms with E-state index >= 15 is 0 Å². The van der Waals surface area contributed by atoms with Gasteiger partial charge >= 0.3 is 8.80 Å². The summed E-state index contributed by atoms with van der Waals surface area (Å²) >= 11 is 0. The zero-order valence-corrected chi connectivity index (χ0v) is 16.2. The number of rotatable bonds is 15. The Balaban J connectivity index is 3.77. The summed E-state index contributed by atoms with van der Waals surface area (Å²) < 4.78 is 16.2. The Labute approximate surface area is 138 Å². The van der Waals surface area contributed by atoms with Crippen molar-refractivity contribution in [2.45, 2.75) is 82.8 Å². The molecule has 0 aliphatic carbocycles. The zero-order chi connectivity index (χ0) is 16.9. The van der Waals surface area contributed by atoms with E-state index in [4.69, 9.17) is 24.7 Å². The zero-order valence-electron chi connectivity index (χ0n) is 15.2. The molecule has 0 radical (unpaired) electrons.